The van der Waals surface area contributed by atoms with Gasteiger partial charge < -0.3 is 15.7 Å². The molecule has 0 bridgehead atoms. The van der Waals surface area contributed by atoms with Crippen LogP contribution >= 0.6 is 0 Å². The number of allylic oxidation sites excluding steroid dienone is 1. The first-order chi connectivity index (χ1) is 13.9. The minimum atomic E-state index is -0.418. The van der Waals surface area contributed by atoms with Gasteiger partial charge in [-0.2, -0.15) is 5.10 Å². The van der Waals surface area contributed by atoms with Crippen LogP contribution in [0.3, 0.4) is 0 Å². The fraction of sp³-hybridized carbons (Fsp3) is 0.783. The van der Waals surface area contributed by atoms with Crippen LogP contribution in [0.25, 0.3) is 0 Å². The summed E-state index contributed by atoms with van der Waals surface area (Å²) < 4.78 is 1.92. The lowest BCUT2D eigenvalue weighted by Gasteiger charge is -2.30. The summed E-state index contributed by atoms with van der Waals surface area (Å²) >= 11 is 0. The molecule has 30 heavy (non-hydrogen) atoms. The summed E-state index contributed by atoms with van der Waals surface area (Å²) in [6, 6.07) is 0. The highest BCUT2D eigenvalue weighted by Gasteiger charge is 2.58. The second kappa shape index (κ2) is 7.98. The first-order valence-corrected chi connectivity index (χ1v) is 11.2. The van der Waals surface area contributed by atoms with Gasteiger partial charge in [-0.15, -0.1) is 0 Å². The van der Waals surface area contributed by atoms with Gasteiger partial charge in [0.2, 0.25) is 5.91 Å². The molecule has 0 aromatic carbocycles. The van der Waals surface area contributed by atoms with Crippen molar-refractivity contribution in [3.8, 4) is 0 Å². The van der Waals surface area contributed by atoms with Crippen LogP contribution < -0.4 is 10.6 Å². The Labute approximate surface area is 180 Å². The van der Waals surface area contributed by atoms with Gasteiger partial charge in [-0.1, -0.05) is 41.2 Å². The zero-order valence-corrected chi connectivity index (χ0v) is 19.3. The van der Waals surface area contributed by atoms with Crippen molar-refractivity contribution in [1.29, 1.82) is 0 Å². The number of amides is 1. The van der Waals surface area contributed by atoms with E-state index in [1.807, 2.05) is 25.5 Å². The van der Waals surface area contributed by atoms with Gasteiger partial charge in [-0.05, 0) is 44.4 Å². The van der Waals surface area contributed by atoms with E-state index in [2.05, 4.69) is 41.1 Å². The van der Waals surface area contributed by atoms with Crippen LogP contribution in [0.2, 0.25) is 0 Å². The number of hydrogen-bond donors (Lipinski definition) is 3. The molecule has 7 nitrogen and oxygen atoms in total. The van der Waals surface area contributed by atoms with Crippen molar-refractivity contribution in [1.82, 2.24) is 25.4 Å². The molecule has 2 aliphatic rings. The molecule has 1 heterocycles. The van der Waals surface area contributed by atoms with E-state index in [-0.39, 0.29) is 22.5 Å². The van der Waals surface area contributed by atoms with Crippen LogP contribution in [0.1, 0.15) is 73.1 Å². The third-order valence-corrected chi connectivity index (χ3v) is 6.87. The Kier molecular flexibility index (Phi) is 6.07. The minimum Gasteiger partial charge on any atom is -0.390 e. The molecule has 0 spiro atoms. The lowest BCUT2D eigenvalue weighted by molar-refractivity contribution is -0.128. The molecule has 1 amide bonds. The maximum absolute atomic E-state index is 12.4. The van der Waals surface area contributed by atoms with Gasteiger partial charge >= 0.3 is 0 Å². The summed E-state index contributed by atoms with van der Waals surface area (Å²) in [5.74, 6) is 0.440. The largest absolute Gasteiger partial charge is 0.390 e. The van der Waals surface area contributed by atoms with Crippen LogP contribution in [0.15, 0.2) is 24.9 Å². The molecule has 0 aliphatic heterocycles. The molecule has 168 valence electrons. The fourth-order valence-electron chi connectivity index (χ4n) is 4.17. The van der Waals surface area contributed by atoms with Crippen LogP contribution in [0.5, 0.6) is 0 Å². The molecule has 0 radical (unpaired) electrons. The van der Waals surface area contributed by atoms with Crippen LogP contribution in [0.4, 0.5) is 0 Å². The molecule has 3 rings (SSSR count). The Hall–Kier alpha value is -1.89. The standard InChI is InChI=1S/C23H39N5O2/c1-17(25-11-7-8-22(30)9-10-22)21(5,6)12-18-13-23(18,28-16-24-15-27-28)14-26-19(29)20(2,3)4/h15-16,18,25,30H,1,7-14H2,2-6H3,(H,26,29). The van der Waals surface area contributed by atoms with Crippen molar-refractivity contribution in [2.24, 2.45) is 16.7 Å². The highest BCUT2D eigenvalue weighted by molar-refractivity contribution is 5.81. The number of nitrogens with one attached hydrogen (secondary N) is 2. The normalized spacial score (nSPS) is 24.9. The van der Waals surface area contributed by atoms with E-state index >= 15 is 0 Å². The summed E-state index contributed by atoms with van der Waals surface area (Å²) in [7, 11) is 0. The summed E-state index contributed by atoms with van der Waals surface area (Å²) in [5, 5.41) is 21.0. The van der Waals surface area contributed by atoms with Crippen molar-refractivity contribution < 1.29 is 9.90 Å². The van der Waals surface area contributed by atoms with Crippen molar-refractivity contribution in [2.45, 2.75) is 84.3 Å². The summed E-state index contributed by atoms with van der Waals surface area (Å²) in [6.45, 7) is 15.9. The maximum atomic E-state index is 12.4. The third kappa shape index (κ3) is 5.23. The number of aromatic nitrogens is 3. The Morgan fingerprint density at radius 3 is 2.53 bits per heavy atom. The van der Waals surface area contributed by atoms with E-state index in [0.717, 1.165) is 50.8 Å². The Morgan fingerprint density at radius 2 is 1.97 bits per heavy atom. The molecular weight excluding hydrogens is 378 g/mol. The van der Waals surface area contributed by atoms with E-state index in [1.54, 1.807) is 12.7 Å². The molecular formula is C23H39N5O2. The number of carbonyl (C=O) groups excluding carboxylic acids is 1. The zero-order chi connectivity index (χ0) is 22.2. The van der Waals surface area contributed by atoms with Gasteiger partial charge in [-0.3, -0.25) is 4.79 Å². The first kappa shape index (κ1) is 22.8. The predicted octanol–water partition coefficient (Wildman–Crippen LogP) is 2.98. The molecule has 3 N–H and O–H groups in total. The Balaban J connectivity index is 1.55. The van der Waals surface area contributed by atoms with Gasteiger partial charge in [-0.25, -0.2) is 9.67 Å². The molecule has 2 unspecified atom stereocenters. The Bertz CT molecular complexity index is 761. The van der Waals surface area contributed by atoms with Crippen LogP contribution in [-0.2, 0) is 10.3 Å². The number of aliphatic hydroxyl groups is 1. The average Bonchev–Trinajstić information content (AvgIpc) is 3.46. The van der Waals surface area contributed by atoms with Crippen molar-refractivity contribution in [3.63, 3.8) is 0 Å². The number of rotatable bonds is 11. The SMILES string of the molecule is C=C(NCCCC1(O)CC1)C(C)(C)CC1CC1(CNC(=O)C(C)(C)C)n1cncn1. The van der Waals surface area contributed by atoms with E-state index < -0.39 is 5.41 Å². The highest BCUT2D eigenvalue weighted by Crippen LogP contribution is 2.55. The smallest absolute Gasteiger partial charge is 0.225 e. The predicted molar refractivity (Wildman–Crippen MR) is 118 cm³/mol. The fourth-order valence-corrected chi connectivity index (χ4v) is 4.17. The monoisotopic (exact) mass is 417 g/mol. The average molecular weight is 418 g/mol. The molecule has 1 aromatic rings. The van der Waals surface area contributed by atoms with Gasteiger partial charge in [0.1, 0.15) is 12.7 Å². The van der Waals surface area contributed by atoms with Crippen LogP contribution in [-0.4, -0.2) is 44.5 Å². The molecule has 2 atom stereocenters. The van der Waals surface area contributed by atoms with Gasteiger partial charge in [0.15, 0.2) is 0 Å². The number of nitrogens with zero attached hydrogens (tertiary/aromatic N) is 3. The van der Waals surface area contributed by atoms with Crippen LogP contribution in [0, 0.1) is 16.7 Å². The number of carbonyl (C=O) groups is 1. The molecule has 1 aromatic heterocycles. The van der Waals surface area contributed by atoms with Crippen molar-refractivity contribution in [2.75, 3.05) is 13.1 Å². The topological polar surface area (TPSA) is 92.1 Å². The second-order valence-corrected chi connectivity index (χ2v) is 11.1. The summed E-state index contributed by atoms with van der Waals surface area (Å²) in [4.78, 5) is 16.6. The third-order valence-electron chi connectivity index (χ3n) is 6.87. The summed E-state index contributed by atoms with van der Waals surface area (Å²) in [6.07, 6.45) is 8.93. The van der Waals surface area contributed by atoms with Crippen molar-refractivity contribution >= 4 is 5.91 Å². The Morgan fingerprint density at radius 1 is 1.27 bits per heavy atom. The minimum absolute atomic E-state index is 0.0512. The molecule has 2 aliphatic carbocycles. The first-order valence-electron chi connectivity index (χ1n) is 11.2. The van der Waals surface area contributed by atoms with Gasteiger partial charge in [0.25, 0.3) is 0 Å². The maximum Gasteiger partial charge on any atom is 0.225 e. The second-order valence-electron chi connectivity index (χ2n) is 11.1. The lowest BCUT2D eigenvalue weighted by Crippen LogP contribution is -2.42. The highest BCUT2D eigenvalue weighted by atomic mass is 16.3. The number of hydrogen-bond acceptors (Lipinski definition) is 5. The molecule has 2 fully saturated rings. The molecule has 7 heteroatoms. The van der Waals surface area contributed by atoms with E-state index in [4.69, 9.17) is 0 Å². The lowest BCUT2D eigenvalue weighted by atomic mass is 9.82. The van der Waals surface area contributed by atoms with Gasteiger partial charge in [0, 0.05) is 29.6 Å². The zero-order valence-electron chi connectivity index (χ0n) is 19.3. The van der Waals surface area contributed by atoms with E-state index in [0.29, 0.717) is 12.5 Å². The quantitative estimate of drug-likeness (QED) is 0.482. The van der Waals surface area contributed by atoms with E-state index in [1.165, 1.54) is 0 Å². The van der Waals surface area contributed by atoms with Gasteiger partial charge in [0.05, 0.1) is 11.1 Å². The summed E-state index contributed by atoms with van der Waals surface area (Å²) in [5.41, 5.74) is -0.0780. The molecule has 2 saturated carbocycles. The molecule has 0 saturated heterocycles. The van der Waals surface area contributed by atoms with E-state index in [9.17, 15) is 9.90 Å². The van der Waals surface area contributed by atoms with Crippen molar-refractivity contribution in [3.05, 3.63) is 24.9 Å².